The smallest absolute Gasteiger partial charge is 0.273 e. The van der Waals surface area contributed by atoms with Crippen LogP contribution in [0, 0.1) is 5.92 Å². The van der Waals surface area contributed by atoms with E-state index in [4.69, 9.17) is 28.9 Å². The van der Waals surface area contributed by atoms with Gasteiger partial charge in [0.05, 0.1) is 5.02 Å². The van der Waals surface area contributed by atoms with E-state index in [0.717, 1.165) is 36.5 Å². The Morgan fingerprint density at radius 1 is 1.31 bits per heavy atom. The lowest BCUT2D eigenvalue weighted by atomic mass is 9.91. The van der Waals surface area contributed by atoms with Crippen molar-refractivity contribution in [3.63, 3.8) is 0 Å². The molecule has 0 radical (unpaired) electrons. The second-order valence-corrected chi connectivity index (χ2v) is 7.85. The summed E-state index contributed by atoms with van der Waals surface area (Å²) in [7, 11) is 0. The Bertz CT molecular complexity index is 745. The van der Waals surface area contributed by atoms with Gasteiger partial charge in [0.1, 0.15) is 10.7 Å². The summed E-state index contributed by atoms with van der Waals surface area (Å²) in [6.45, 7) is 3.50. The first-order valence-electron chi connectivity index (χ1n) is 7.91. The fraction of sp³-hybridized carbons (Fsp3) is 0.412. The van der Waals surface area contributed by atoms with E-state index in [2.05, 4.69) is 4.98 Å². The van der Waals surface area contributed by atoms with Crippen molar-refractivity contribution in [2.75, 3.05) is 13.1 Å². The van der Waals surface area contributed by atoms with Gasteiger partial charge in [0.2, 0.25) is 0 Å². The summed E-state index contributed by atoms with van der Waals surface area (Å²) < 4.78 is 0. The number of piperidine rings is 1. The molecule has 1 aliphatic rings. The molecule has 1 saturated heterocycles. The monoisotopic (exact) mass is 455 g/mol. The summed E-state index contributed by atoms with van der Waals surface area (Å²) in [5.41, 5.74) is 7.22. The van der Waals surface area contributed by atoms with Gasteiger partial charge in [0.15, 0.2) is 0 Å². The zero-order valence-electron chi connectivity index (χ0n) is 14.2. The van der Waals surface area contributed by atoms with E-state index in [9.17, 15) is 4.79 Å². The Kier molecular flexibility index (Phi) is 9.13. The molecule has 3 rings (SSSR count). The van der Waals surface area contributed by atoms with Gasteiger partial charge in [-0.1, -0.05) is 23.2 Å². The van der Waals surface area contributed by atoms with E-state index < -0.39 is 0 Å². The van der Waals surface area contributed by atoms with Crippen LogP contribution in [-0.4, -0.2) is 34.9 Å². The van der Waals surface area contributed by atoms with Crippen molar-refractivity contribution in [1.29, 1.82) is 0 Å². The maximum Gasteiger partial charge on any atom is 0.273 e. The predicted octanol–water partition coefficient (Wildman–Crippen LogP) is 5.16. The zero-order valence-corrected chi connectivity index (χ0v) is 18.1. The predicted molar refractivity (Wildman–Crippen MR) is 114 cm³/mol. The number of amides is 1. The molecule has 1 atom stereocenters. The Morgan fingerprint density at radius 2 is 1.96 bits per heavy atom. The third-order valence-corrected chi connectivity index (χ3v) is 5.88. The molecule has 2 aromatic rings. The highest BCUT2D eigenvalue weighted by Crippen LogP contribution is 2.32. The van der Waals surface area contributed by atoms with Gasteiger partial charge in [0, 0.05) is 35.1 Å². The number of halogens is 4. The maximum absolute atomic E-state index is 12.6. The molecule has 26 heavy (non-hydrogen) atoms. The van der Waals surface area contributed by atoms with Crippen molar-refractivity contribution < 1.29 is 4.79 Å². The first-order chi connectivity index (χ1) is 11.5. The molecule has 1 fully saturated rings. The van der Waals surface area contributed by atoms with Crippen LogP contribution in [0.1, 0.15) is 30.3 Å². The van der Waals surface area contributed by atoms with Crippen LogP contribution in [0.5, 0.6) is 0 Å². The number of carbonyl (C=O) groups excluding carboxylic acids is 1. The number of thiazole rings is 1. The third-order valence-electron chi connectivity index (χ3n) is 4.46. The molecule has 0 bridgehead atoms. The van der Waals surface area contributed by atoms with Crippen molar-refractivity contribution in [2.45, 2.75) is 25.8 Å². The standard InChI is InChI=1S/C17H19Cl2N3OS.2ClH/c1-10(20)11-4-6-22(7-5-11)17(23)15-9-24-16(21-15)13-3-2-12(18)8-14(13)19;;/h2-3,8-11H,4-7,20H2,1H3;2*1H. The molecule has 9 heteroatoms. The molecule has 0 saturated carbocycles. The number of nitrogens with zero attached hydrogens (tertiary/aromatic N) is 2. The molecule has 2 heterocycles. The number of benzene rings is 1. The number of nitrogens with two attached hydrogens (primary N) is 1. The first kappa shape index (κ1) is 23.5. The van der Waals surface area contributed by atoms with Gasteiger partial charge in [0.25, 0.3) is 5.91 Å². The Labute approximate surface area is 179 Å². The molecular weight excluding hydrogens is 436 g/mol. The second-order valence-electron chi connectivity index (χ2n) is 6.15. The Balaban J connectivity index is 0.00000169. The average molecular weight is 457 g/mol. The maximum atomic E-state index is 12.6. The van der Waals surface area contributed by atoms with Crippen LogP contribution in [0.25, 0.3) is 10.6 Å². The Morgan fingerprint density at radius 3 is 2.54 bits per heavy atom. The SMILES string of the molecule is CC(N)C1CCN(C(=O)c2csc(-c3ccc(Cl)cc3Cl)n2)CC1.Cl.Cl. The number of hydrogen-bond donors (Lipinski definition) is 1. The lowest BCUT2D eigenvalue weighted by Gasteiger charge is -2.33. The lowest BCUT2D eigenvalue weighted by Crippen LogP contribution is -2.42. The fourth-order valence-corrected chi connectivity index (χ4v) is 4.34. The van der Waals surface area contributed by atoms with Crippen LogP contribution >= 0.6 is 59.4 Å². The highest BCUT2D eigenvalue weighted by molar-refractivity contribution is 7.13. The fourth-order valence-electron chi connectivity index (χ4n) is 2.95. The number of rotatable bonds is 3. The largest absolute Gasteiger partial charge is 0.337 e. The van der Waals surface area contributed by atoms with Crippen molar-refractivity contribution >= 4 is 65.3 Å². The second kappa shape index (κ2) is 10.1. The molecule has 0 aliphatic carbocycles. The zero-order chi connectivity index (χ0) is 17.3. The van der Waals surface area contributed by atoms with Gasteiger partial charge in [-0.25, -0.2) is 4.98 Å². The third kappa shape index (κ3) is 5.24. The van der Waals surface area contributed by atoms with Gasteiger partial charge in [-0.2, -0.15) is 0 Å². The topological polar surface area (TPSA) is 59.2 Å². The summed E-state index contributed by atoms with van der Waals surface area (Å²) in [5.74, 6) is 0.471. The van der Waals surface area contributed by atoms with E-state index in [1.807, 2.05) is 17.9 Å². The Hall–Kier alpha value is -0.560. The van der Waals surface area contributed by atoms with Crippen LogP contribution < -0.4 is 5.73 Å². The molecule has 2 N–H and O–H groups in total. The number of carbonyl (C=O) groups is 1. The normalized spacial score (nSPS) is 15.8. The highest BCUT2D eigenvalue weighted by Gasteiger charge is 2.26. The summed E-state index contributed by atoms with van der Waals surface area (Å²) in [4.78, 5) is 19.0. The van der Waals surface area contributed by atoms with Gasteiger partial charge in [-0.05, 0) is 43.9 Å². The van der Waals surface area contributed by atoms with Crippen LogP contribution in [-0.2, 0) is 0 Å². The summed E-state index contributed by atoms with van der Waals surface area (Å²) in [5, 5.41) is 3.63. The molecule has 1 aromatic carbocycles. The molecule has 1 aromatic heterocycles. The van der Waals surface area contributed by atoms with Crippen molar-refractivity contribution in [3.05, 3.63) is 39.3 Å². The van der Waals surface area contributed by atoms with E-state index in [1.165, 1.54) is 11.3 Å². The van der Waals surface area contributed by atoms with Gasteiger partial charge in [-0.15, -0.1) is 36.2 Å². The van der Waals surface area contributed by atoms with Crippen molar-refractivity contribution in [2.24, 2.45) is 11.7 Å². The number of hydrogen-bond acceptors (Lipinski definition) is 4. The quantitative estimate of drug-likeness (QED) is 0.693. The average Bonchev–Trinajstić information content (AvgIpc) is 3.04. The summed E-state index contributed by atoms with van der Waals surface area (Å²) in [6.07, 6.45) is 1.90. The van der Waals surface area contributed by atoms with Gasteiger partial charge < -0.3 is 10.6 Å². The summed E-state index contributed by atoms with van der Waals surface area (Å²) >= 11 is 13.6. The van der Waals surface area contributed by atoms with Crippen LogP contribution in [0.4, 0.5) is 0 Å². The van der Waals surface area contributed by atoms with E-state index >= 15 is 0 Å². The van der Waals surface area contributed by atoms with Crippen LogP contribution in [0.3, 0.4) is 0 Å². The molecular formula is C17H21Cl4N3OS. The number of likely N-dealkylation sites (tertiary alicyclic amines) is 1. The highest BCUT2D eigenvalue weighted by atomic mass is 35.5. The van der Waals surface area contributed by atoms with E-state index in [1.54, 1.807) is 17.5 Å². The summed E-state index contributed by atoms with van der Waals surface area (Å²) in [6, 6.07) is 5.45. The van der Waals surface area contributed by atoms with Gasteiger partial charge in [-0.3, -0.25) is 4.79 Å². The molecule has 4 nitrogen and oxygen atoms in total. The minimum absolute atomic E-state index is 0. The first-order valence-corrected chi connectivity index (χ1v) is 9.55. The van der Waals surface area contributed by atoms with Crippen LogP contribution in [0.15, 0.2) is 23.6 Å². The van der Waals surface area contributed by atoms with Crippen LogP contribution in [0.2, 0.25) is 10.0 Å². The molecule has 1 unspecified atom stereocenters. The molecule has 144 valence electrons. The molecule has 1 aliphatic heterocycles. The molecule has 0 spiro atoms. The minimum atomic E-state index is -0.0225. The number of aromatic nitrogens is 1. The lowest BCUT2D eigenvalue weighted by molar-refractivity contribution is 0.0676. The molecule has 1 amide bonds. The van der Waals surface area contributed by atoms with E-state index in [0.29, 0.717) is 21.7 Å². The minimum Gasteiger partial charge on any atom is -0.337 e. The van der Waals surface area contributed by atoms with E-state index in [-0.39, 0.29) is 36.8 Å². The van der Waals surface area contributed by atoms with Crippen molar-refractivity contribution in [3.8, 4) is 10.6 Å². The van der Waals surface area contributed by atoms with Crippen molar-refractivity contribution in [1.82, 2.24) is 9.88 Å². The van der Waals surface area contributed by atoms with Gasteiger partial charge >= 0.3 is 0 Å².